The van der Waals surface area contributed by atoms with Crippen molar-refractivity contribution in [1.82, 2.24) is 15.1 Å². The van der Waals surface area contributed by atoms with Crippen LogP contribution in [0.5, 0.6) is 0 Å². The summed E-state index contributed by atoms with van der Waals surface area (Å²) in [6, 6.07) is 0.283. The highest BCUT2D eigenvalue weighted by atomic mass is 16.5. The summed E-state index contributed by atoms with van der Waals surface area (Å²) in [4.78, 5) is 0. The van der Waals surface area contributed by atoms with Crippen LogP contribution in [-0.4, -0.2) is 28.5 Å². The summed E-state index contributed by atoms with van der Waals surface area (Å²) in [5.41, 5.74) is 1.24. The van der Waals surface area contributed by atoms with Gasteiger partial charge < -0.3 is 10.1 Å². The maximum absolute atomic E-state index is 5.97. The largest absolute Gasteiger partial charge is 0.373 e. The Balaban J connectivity index is 2.10. The zero-order valence-electron chi connectivity index (χ0n) is 11.0. The molecule has 0 aromatic carbocycles. The molecule has 17 heavy (non-hydrogen) atoms. The minimum atomic E-state index is 0.283. The number of likely N-dealkylation sites (N-methyl/N-ethyl adjacent to an activating group) is 1. The van der Waals surface area contributed by atoms with Crippen molar-refractivity contribution in [3.63, 3.8) is 0 Å². The first-order valence-electron chi connectivity index (χ1n) is 6.65. The lowest BCUT2D eigenvalue weighted by Crippen LogP contribution is -2.31. The lowest BCUT2D eigenvalue weighted by Gasteiger charge is -2.23. The fraction of sp³-hybridized carbons (Fsp3) is 0.769. The average molecular weight is 237 g/mol. The van der Waals surface area contributed by atoms with Gasteiger partial charge in [0, 0.05) is 18.3 Å². The molecule has 4 heteroatoms. The van der Waals surface area contributed by atoms with Crippen LogP contribution in [0.2, 0.25) is 0 Å². The van der Waals surface area contributed by atoms with Crippen molar-refractivity contribution in [2.45, 2.75) is 58.4 Å². The van der Waals surface area contributed by atoms with Gasteiger partial charge in [-0.2, -0.15) is 5.10 Å². The van der Waals surface area contributed by atoms with Gasteiger partial charge in [-0.15, -0.1) is 0 Å². The van der Waals surface area contributed by atoms with E-state index in [-0.39, 0.29) is 6.04 Å². The molecule has 1 aromatic rings. The van der Waals surface area contributed by atoms with Crippen LogP contribution >= 0.6 is 0 Å². The highest BCUT2D eigenvalue weighted by molar-refractivity contribution is 5.13. The Morgan fingerprint density at radius 3 is 2.88 bits per heavy atom. The van der Waals surface area contributed by atoms with E-state index in [4.69, 9.17) is 4.74 Å². The van der Waals surface area contributed by atoms with Crippen molar-refractivity contribution in [3.05, 3.63) is 18.0 Å². The van der Waals surface area contributed by atoms with E-state index < -0.39 is 0 Å². The maximum Gasteiger partial charge on any atom is 0.0775 e. The van der Waals surface area contributed by atoms with Crippen molar-refractivity contribution >= 4 is 0 Å². The Hall–Kier alpha value is -0.870. The molecule has 1 aromatic heterocycles. The van der Waals surface area contributed by atoms with E-state index in [1.54, 1.807) is 0 Å². The number of rotatable bonds is 5. The number of aryl methyl sites for hydroxylation is 1. The van der Waals surface area contributed by atoms with Crippen LogP contribution in [0, 0.1) is 0 Å². The van der Waals surface area contributed by atoms with Gasteiger partial charge in [-0.25, -0.2) is 0 Å². The second-order valence-electron chi connectivity index (χ2n) is 4.73. The SMILES string of the molecule is CCNC(c1cnn(CC)c1)C1CCC(C)O1. The van der Waals surface area contributed by atoms with Gasteiger partial charge in [0.2, 0.25) is 0 Å². The fourth-order valence-electron chi connectivity index (χ4n) is 2.48. The summed E-state index contributed by atoms with van der Waals surface area (Å²) in [6.45, 7) is 8.26. The lowest BCUT2D eigenvalue weighted by molar-refractivity contribution is 0.0319. The lowest BCUT2D eigenvalue weighted by atomic mass is 10.0. The minimum absolute atomic E-state index is 0.283. The zero-order chi connectivity index (χ0) is 12.3. The van der Waals surface area contributed by atoms with E-state index in [1.165, 1.54) is 5.56 Å². The summed E-state index contributed by atoms with van der Waals surface area (Å²) >= 11 is 0. The van der Waals surface area contributed by atoms with E-state index in [0.717, 1.165) is 25.9 Å². The molecule has 0 bridgehead atoms. The van der Waals surface area contributed by atoms with Crippen LogP contribution in [0.3, 0.4) is 0 Å². The molecule has 96 valence electrons. The first kappa shape index (κ1) is 12.6. The van der Waals surface area contributed by atoms with Gasteiger partial charge >= 0.3 is 0 Å². The van der Waals surface area contributed by atoms with E-state index in [9.17, 15) is 0 Å². The Morgan fingerprint density at radius 1 is 1.53 bits per heavy atom. The Bertz CT molecular complexity index is 350. The molecule has 1 fully saturated rings. The van der Waals surface area contributed by atoms with Crippen molar-refractivity contribution in [1.29, 1.82) is 0 Å². The van der Waals surface area contributed by atoms with Crippen molar-refractivity contribution < 1.29 is 4.74 Å². The molecule has 0 radical (unpaired) electrons. The van der Waals surface area contributed by atoms with Crippen molar-refractivity contribution in [2.75, 3.05) is 6.54 Å². The second kappa shape index (κ2) is 5.65. The third kappa shape index (κ3) is 2.87. The number of nitrogens with zero attached hydrogens (tertiary/aromatic N) is 2. The van der Waals surface area contributed by atoms with E-state index in [0.29, 0.717) is 12.2 Å². The standard InChI is InChI=1S/C13H23N3O/c1-4-14-13(12-7-6-10(3)17-12)11-8-15-16(5-2)9-11/h8-10,12-14H,4-7H2,1-3H3. The van der Waals surface area contributed by atoms with Crippen LogP contribution in [0.1, 0.15) is 45.2 Å². The molecule has 2 rings (SSSR count). The summed E-state index contributed by atoms with van der Waals surface area (Å²) in [7, 11) is 0. The molecule has 0 spiro atoms. The fourth-order valence-corrected chi connectivity index (χ4v) is 2.48. The van der Waals surface area contributed by atoms with Gasteiger partial charge in [0.1, 0.15) is 0 Å². The minimum Gasteiger partial charge on any atom is -0.373 e. The van der Waals surface area contributed by atoms with Crippen molar-refractivity contribution in [3.8, 4) is 0 Å². The van der Waals surface area contributed by atoms with Crippen LogP contribution in [0.15, 0.2) is 12.4 Å². The molecule has 3 atom stereocenters. The van der Waals surface area contributed by atoms with Crippen LogP contribution < -0.4 is 5.32 Å². The Labute approximate surface area is 103 Å². The molecule has 0 aliphatic carbocycles. The van der Waals surface area contributed by atoms with Crippen LogP contribution in [0.25, 0.3) is 0 Å². The molecule has 0 saturated carbocycles. The van der Waals surface area contributed by atoms with Crippen molar-refractivity contribution in [2.24, 2.45) is 0 Å². The Morgan fingerprint density at radius 2 is 2.35 bits per heavy atom. The molecule has 1 aliphatic rings. The number of aromatic nitrogens is 2. The van der Waals surface area contributed by atoms with E-state index >= 15 is 0 Å². The average Bonchev–Trinajstić information content (AvgIpc) is 2.94. The van der Waals surface area contributed by atoms with Gasteiger partial charge in [-0.3, -0.25) is 4.68 Å². The number of ether oxygens (including phenoxy) is 1. The first-order chi connectivity index (χ1) is 8.24. The molecule has 3 unspecified atom stereocenters. The molecule has 4 nitrogen and oxygen atoms in total. The third-order valence-electron chi connectivity index (χ3n) is 3.40. The molecule has 1 N–H and O–H groups in total. The molecule has 2 heterocycles. The van der Waals surface area contributed by atoms with E-state index in [1.807, 2.05) is 10.9 Å². The smallest absolute Gasteiger partial charge is 0.0775 e. The zero-order valence-corrected chi connectivity index (χ0v) is 11.0. The van der Waals surface area contributed by atoms with Gasteiger partial charge in [0.05, 0.1) is 24.4 Å². The van der Waals surface area contributed by atoms with Gasteiger partial charge in [-0.05, 0) is 33.2 Å². The predicted octanol–water partition coefficient (Wildman–Crippen LogP) is 2.12. The summed E-state index contributed by atoms with van der Waals surface area (Å²) in [5.74, 6) is 0. The highest BCUT2D eigenvalue weighted by Crippen LogP contribution is 2.29. The second-order valence-corrected chi connectivity index (χ2v) is 4.73. The number of nitrogens with one attached hydrogen (secondary N) is 1. The molecule has 1 aliphatic heterocycles. The van der Waals surface area contributed by atoms with E-state index in [2.05, 4.69) is 37.4 Å². The maximum atomic E-state index is 5.97. The van der Waals surface area contributed by atoms with Gasteiger partial charge in [-0.1, -0.05) is 6.92 Å². The van der Waals surface area contributed by atoms with Crippen LogP contribution in [0.4, 0.5) is 0 Å². The summed E-state index contributed by atoms with van der Waals surface area (Å²) < 4.78 is 7.94. The predicted molar refractivity (Wildman–Crippen MR) is 67.9 cm³/mol. The topological polar surface area (TPSA) is 39.1 Å². The highest BCUT2D eigenvalue weighted by Gasteiger charge is 2.30. The molecule has 1 saturated heterocycles. The van der Waals surface area contributed by atoms with Gasteiger partial charge in [0.15, 0.2) is 0 Å². The normalized spacial score (nSPS) is 26.3. The molecular formula is C13H23N3O. The quantitative estimate of drug-likeness (QED) is 0.852. The molecule has 0 amide bonds. The number of hydrogen-bond donors (Lipinski definition) is 1. The first-order valence-corrected chi connectivity index (χ1v) is 6.65. The summed E-state index contributed by atoms with van der Waals surface area (Å²) in [6.07, 6.45) is 7.06. The number of hydrogen-bond acceptors (Lipinski definition) is 3. The monoisotopic (exact) mass is 237 g/mol. The Kier molecular flexibility index (Phi) is 4.18. The third-order valence-corrected chi connectivity index (χ3v) is 3.40. The van der Waals surface area contributed by atoms with Gasteiger partial charge in [0.25, 0.3) is 0 Å². The van der Waals surface area contributed by atoms with Crippen LogP contribution in [-0.2, 0) is 11.3 Å². The summed E-state index contributed by atoms with van der Waals surface area (Å²) in [5, 5.41) is 7.87. The molecular weight excluding hydrogens is 214 g/mol.